The predicted octanol–water partition coefficient (Wildman–Crippen LogP) is 2.95. The smallest absolute Gasteiger partial charge is 0.227 e. The number of rotatable bonds is 5. The third-order valence-corrected chi connectivity index (χ3v) is 4.56. The number of hydrogen-bond acceptors (Lipinski definition) is 3. The average Bonchev–Trinajstić information content (AvgIpc) is 2.51. The first-order chi connectivity index (χ1) is 10.1. The van der Waals surface area contributed by atoms with Gasteiger partial charge in [0.05, 0.1) is 18.1 Å². The van der Waals surface area contributed by atoms with Crippen LogP contribution in [-0.2, 0) is 4.79 Å². The summed E-state index contributed by atoms with van der Waals surface area (Å²) in [5.41, 5.74) is 5.96. The lowest BCUT2D eigenvalue weighted by Crippen LogP contribution is -2.47. The molecule has 0 bridgehead atoms. The van der Waals surface area contributed by atoms with Crippen LogP contribution in [0.25, 0.3) is 0 Å². The SMILES string of the molecule is CCC(CC)(CN)C(=O)N[C@@H]1CCOc2c(F)cccc21.Cl. The van der Waals surface area contributed by atoms with Crippen LogP contribution in [-0.4, -0.2) is 19.1 Å². The second-order valence-corrected chi connectivity index (χ2v) is 5.51. The summed E-state index contributed by atoms with van der Waals surface area (Å²) in [6.07, 6.45) is 2.01. The standard InChI is InChI=1S/C16H23FN2O2.ClH/c1-3-16(4-2,10-18)15(20)19-13-8-9-21-14-11(13)6-5-7-12(14)17;/h5-7,13H,3-4,8-10,18H2,1-2H3,(H,19,20);1H/t13-;/m1./s1. The van der Waals surface area contributed by atoms with E-state index in [-0.39, 0.29) is 35.9 Å². The van der Waals surface area contributed by atoms with Gasteiger partial charge in [-0.3, -0.25) is 4.79 Å². The second kappa shape index (κ2) is 7.79. The van der Waals surface area contributed by atoms with Gasteiger partial charge in [-0.05, 0) is 18.9 Å². The zero-order chi connectivity index (χ0) is 15.5. The normalized spacial score (nSPS) is 17.0. The maximum absolute atomic E-state index is 13.8. The average molecular weight is 331 g/mol. The molecule has 3 N–H and O–H groups in total. The summed E-state index contributed by atoms with van der Waals surface area (Å²) < 4.78 is 19.1. The van der Waals surface area contributed by atoms with E-state index < -0.39 is 5.41 Å². The highest BCUT2D eigenvalue weighted by molar-refractivity contribution is 5.85. The van der Waals surface area contributed by atoms with E-state index in [9.17, 15) is 9.18 Å². The van der Waals surface area contributed by atoms with E-state index in [1.54, 1.807) is 12.1 Å². The van der Waals surface area contributed by atoms with Gasteiger partial charge in [-0.25, -0.2) is 4.39 Å². The number of fused-ring (bicyclic) bond motifs is 1. The van der Waals surface area contributed by atoms with Crippen LogP contribution in [0.4, 0.5) is 4.39 Å². The molecule has 0 aromatic heterocycles. The van der Waals surface area contributed by atoms with Crippen LogP contribution >= 0.6 is 12.4 Å². The van der Waals surface area contributed by atoms with Crippen LogP contribution in [0.1, 0.15) is 44.7 Å². The van der Waals surface area contributed by atoms with Crippen LogP contribution in [0.5, 0.6) is 5.75 Å². The van der Waals surface area contributed by atoms with Gasteiger partial charge in [0.15, 0.2) is 11.6 Å². The predicted molar refractivity (Wildman–Crippen MR) is 86.7 cm³/mol. The van der Waals surface area contributed by atoms with Crippen molar-refractivity contribution >= 4 is 18.3 Å². The summed E-state index contributed by atoms with van der Waals surface area (Å²) in [5, 5.41) is 3.03. The topological polar surface area (TPSA) is 64.4 Å². The number of nitrogens with one attached hydrogen (secondary N) is 1. The summed E-state index contributed by atoms with van der Waals surface area (Å²) in [6.45, 7) is 4.64. The zero-order valence-corrected chi connectivity index (χ0v) is 13.8. The van der Waals surface area contributed by atoms with E-state index in [1.165, 1.54) is 6.07 Å². The van der Waals surface area contributed by atoms with Crippen LogP contribution in [0, 0.1) is 11.2 Å². The number of halogens is 2. The summed E-state index contributed by atoms with van der Waals surface area (Å²) in [5.74, 6) is -0.194. The van der Waals surface area contributed by atoms with Crippen molar-refractivity contribution in [3.05, 3.63) is 29.6 Å². The third-order valence-electron chi connectivity index (χ3n) is 4.56. The minimum atomic E-state index is -0.550. The summed E-state index contributed by atoms with van der Waals surface area (Å²) >= 11 is 0. The largest absolute Gasteiger partial charge is 0.490 e. The molecule has 0 saturated heterocycles. The quantitative estimate of drug-likeness (QED) is 0.872. The molecule has 1 aliphatic heterocycles. The van der Waals surface area contributed by atoms with Gasteiger partial charge in [-0.1, -0.05) is 26.0 Å². The molecule has 6 heteroatoms. The molecule has 4 nitrogen and oxygen atoms in total. The summed E-state index contributed by atoms with van der Waals surface area (Å²) in [7, 11) is 0. The maximum atomic E-state index is 13.8. The number of nitrogens with two attached hydrogens (primary N) is 1. The van der Waals surface area contributed by atoms with Crippen molar-refractivity contribution in [3.63, 3.8) is 0 Å². The van der Waals surface area contributed by atoms with Gasteiger partial charge in [-0.15, -0.1) is 12.4 Å². The lowest BCUT2D eigenvalue weighted by atomic mass is 9.81. The molecule has 1 aromatic carbocycles. The van der Waals surface area contributed by atoms with Crippen molar-refractivity contribution in [1.29, 1.82) is 0 Å². The number of benzene rings is 1. The molecule has 0 saturated carbocycles. The molecule has 0 aliphatic carbocycles. The Labute approximate surface area is 137 Å². The fourth-order valence-electron chi connectivity index (χ4n) is 2.80. The molecule has 124 valence electrons. The summed E-state index contributed by atoms with van der Waals surface area (Å²) in [4.78, 5) is 12.6. The highest BCUT2D eigenvalue weighted by Gasteiger charge is 2.36. The Kier molecular flexibility index (Phi) is 6.63. The number of ether oxygens (including phenoxy) is 1. The van der Waals surface area contributed by atoms with Crippen molar-refractivity contribution in [2.45, 2.75) is 39.2 Å². The van der Waals surface area contributed by atoms with Gasteiger partial charge < -0.3 is 15.8 Å². The van der Waals surface area contributed by atoms with E-state index in [2.05, 4.69) is 5.32 Å². The second-order valence-electron chi connectivity index (χ2n) is 5.51. The first-order valence-electron chi connectivity index (χ1n) is 7.50. The Balaban J connectivity index is 0.00000242. The lowest BCUT2D eigenvalue weighted by molar-refractivity contribution is -0.132. The van der Waals surface area contributed by atoms with Gasteiger partial charge in [0.2, 0.25) is 5.91 Å². The van der Waals surface area contributed by atoms with E-state index in [4.69, 9.17) is 10.5 Å². The van der Waals surface area contributed by atoms with Gasteiger partial charge in [-0.2, -0.15) is 0 Å². The van der Waals surface area contributed by atoms with Crippen molar-refractivity contribution < 1.29 is 13.9 Å². The van der Waals surface area contributed by atoms with Crippen molar-refractivity contribution in [2.24, 2.45) is 11.1 Å². The molecule has 1 aliphatic rings. The van der Waals surface area contributed by atoms with Gasteiger partial charge in [0, 0.05) is 18.5 Å². The highest BCUT2D eigenvalue weighted by atomic mass is 35.5. The fourth-order valence-corrected chi connectivity index (χ4v) is 2.80. The number of amides is 1. The molecule has 0 radical (unpaired) electrons. The zero-order valence-electron chi connectivity index (χ0n) is 13.0. The Bertz CT molecular complexity index is 513. The van der Waals surface area contributed by atoms with Crippen LogP contribution < -0.4 is 15.8 Å². The Morgan fingerprint density at radius 1 is 1.45 bits per heavy atom. The van der Waals surface area contributed by atoms with Gasteiger partial charge in [0.25, 0.3) is 0 Å². The molecular weight excluding hydrogens is 307 g/mol. The molecule has 0 fully saturated rings. The molecule has 22 heavy (non-hydrogen) atoms. The van der Waals surface area contributed by atoms with E-state index in [0.29, 0.717) is 38.0 Å². The molecule has 1 aromatic rings. The molecular formula is C16H24ClFN2O2. The number of carbonyl (C=O) groups excluding carboxylic acids is 1. The van der Waals surface area contributed by atoms with Gasteiger partial charge in [0.1, 0.15) is 0 Å². The first kappa shape index (κ1) is 18.7. The number of hydrogen-bond donors (Lipinski definition) is 2. The van der Waals surface area contributed by atoms with Crippen molar-refractivity contribution in [3.8, 4) is 5.75 Å². The van der Waals surface area contributed by atoms with Crippen LogP contribution in [0.3, 0.4) is 0 Å². The molecule has 0 unspecified atom stereocenters. The Morgan fingerprint density at radius 2 is 2.14 bits per heavy atom. The van der Waals surface area contributed by atoms with Gasteiger partial charge >= 0.3 is 0 Å². The van der Waals surface area contributed by atoms with E-state index >= 15 is 0 Å². The molecule has 2 rings (SSSR count). The van der Waals surface area contributed by atoms with Crippen LogP contribution in [0.2, 0.25) is 0 Å². The minimum Gasteiger partial charge on any atom is -0.490 e. The molecule has 0 spiro atoms. The monoisotopic (exact) mass is 330 g/mol. The van der Waals surface area contributed by atoms with E-state index in [0.717, 1.165) is 0 Å². The third kappa shape index (κ3) is 3.36. The maximum Gasteiger partial charge on any atom is 0.227 e. The molecule has 1 amide bonds. The number of carbonyl (C=O) groups is 1. The highest BCUT2D eigenvalue weighted by Crippen LogP contribution is 2.35. The Hall–Kier alpha value is -1.33. The van der Waals surface area contributed by atoms with E-state index in [1.807, 2.05) is 13.8 Å². The first-order valence-corrected chi connectivity index (χ1v) is 7.50. The molecule has 1 atom stereocenters. The van der Waals surface area contributed by atoms with Crippen molar-refractivity contribution in [1.82, 2.24) is 5.32 Å². The summed E-state index contributed by atoms with van der Waals surface area (Å²) in [6, 6.07) is 4.58. The molecule has 1 heterocycles. The lowest BCUT2D eigenvalue weighted by Gasteiger charge is -2.33. The number of para-hydroxylation sites is 1. The van der Waals surface area contributed by atoms with Crippen molar-refractivity contribution in [2.75, 3.05) is 13.2 Å². The van der Waals surface area contributed by atoms with Crippen LogP contribution in [0.15, 0.2) is 18.2 Å². The fraction of sp³-hybridized carbons (Fsp3) is 0.562. The minimum absolute atomic E-state index is 0. The Morgan fingerprint density at radius 3 is 2.73 bits per heavy atom.